The van der Waals surface area contributed by atoms with Crippen LogP contribution in [0.3, 0.4) is 0 Å². The average molecular weight is 219 g/mol. The topological polar surface area (TPSA) is 0 Å². The molecule has 0 radical (unpaired) electrons. The van der Waals surface area contributed by atoms with Gasteiger partial charge in [-0.2, -0.15) is 0 Å². The molecule has 0 aromatic heterocycles. The third kappa shape index (κ3) is 3.02. The third-order valence-electron chi connectivity index (χ3n) is 1.20. The fraction of sp³-hybridized carbons (Fsp3) is 0.333. The smallest absolute Gasteiger partial charge is 0.127 e. The second-order valence-corrected chi connectivity index (χ2v) is 2.70. The van der Waals surface area contributed by atoms with Crippen molar-refractivity contribution < 1.29 is 4.39 Å². The van der Waals surface area contributed by atoms with E-state index in [1.165, 1.54) is 6.07 Å². The van der Waals surface area contributed by atoms with E-state index in [4.69, 9.17) is 0 Å². The van der Waals surface area contributed by atoms with Gasteiger partial charge < -0.3 is 0 Å². The Labute approximate surface area is 75.6 Å². The van der Waals surface area contributed by atoms with E-state index in [9.17, 15) is 4.39 Å². The lowest BCUT2D eigenvalue weighted by atomic mass is 10.2. The van der Waals surface area contributed by atoms with Gasteiger partial charge in [-0.1, -0.05) is 35.8 Å². The molecule has 0 fully saturated rings. The van der Waals surface area contributed by atoms with Gasteiger partial charge in [-0.15, -0.1) is 0 Å². The third-order valence-corrected chi connectivity index (χ3v) is 2.06. The minimum Gasteiger partial charge on any atom is -0.207 e. The maximum absolute atomic E-state index is 12.5. The van der Waals surface area contributed by atoms with Gasteiger partial charge in [0.05, 0.1) is 0 Å². The molecule has 1 rings (SSSR count). The molecule has 1 aromatic carbocycles. The molecule has 0 aliphatic rings. The Morgan fingerprint density at radius 3 is 2.18 bits per heavy atom. The quantitative estimate of drug-likeness (QED) is 0.620. The summed E-state index contributed by atoms with van der Waals surface area (Å²) in [6, 6.07) is 4.94. The Kier molecular flexibility index (Phi) is 5.12. The number of rotatable bonds is 0. The molecule has 2 heteroatoms. The normalized spacial score (nSPS) is 8.45. The van der Waals surface area contributed by atoms with Gasteiger partial charge >= 0.3 is 0 Å². The molecule has 1 aromatic rings. The molecule has 0 aliphatic heterocycles. The summed E-state index contributed by atoms with van der Waals surface area (Å²) in [6.45, 7) is 5.74. The minimum absolute atomic E-state index is 0.163. The Morgan fingerprint density at radius 1 is 1.27 bits per heavy atom. The highest BCUT2D eigenvalue weighted by Crippen LogP contribution is 2.17. The monoisotopic (exact) mass is 218 g/mol. The zero-order valence-electron chi connectivity index (χ0n) is 6.99. The molecule has 0 heterocycles. The maximum atomic E-state index is 12.5. The van der Waals surface area contributed by atoms with Crippen LogP contribution in [-0.4, -0.2) is 0 Å². The minimum atomic E-state index is -0.163. The van der Waals surface area contributed by atoms with Gasteiger partial charge in [0.15, 0.2) is 0 Å². The van der Waals surface area contributed by atoms with Gasteiger partial charge in [0.2, 0.25) is 0 Å². The van der Waals surface area contributed by atoms with Crippen LogP contribution in [0.15, 0.2) is 22.7 Å². The SMILES string of the molecule is CC.Cc1c(F)cccc1Br. The van der Waals surface area contributed by atoms with Crippen LogP contribution in [0.25, 0.3) is 0 Å². The Bertz CT molecular complexity index is 201. The van der Waals surface area contributed by atoms with Crippen molar-refractivity contribution in [3.05, 3.63) is 34.1 Å². The van der Waals surface area contributed by atoms with Gasteiger partial charge in [0.25, 0.3) is 0 Å². The van der Waals surface area contributed by atoms with E-state index in [1.54, 1.807) is 13.0 Å². The number of hydrogen-bond donors (Lipinski definition) is 0. The van der Waals surface area contributed by atoms with Crippen LogP contribution in [0, 0.1) is 12.7 Å². The van der Waals surface area contributed by atoms with E-state index < -0.39 is 0 Å². The lowest BCUT2D eigenvalue weighted by Crippen LogP contribution is -1.80. The van der Waals surface area contributed by atoms with E-state index in [2.05, 4.69) is 15.9 Å². The zero-order chi connectivity index (χ0) is 8.85. The molecule has 0 nitrogen and oxygen atoms in total. The molecular weight excluding hydrogens is 207 g/mol. The summed E-state index contributed by atoms with van der Waals surface area (Å²) in [7, 11) is 0. The average Bonchev–Trinajstić information content (AvgIpc) is 2.04. The largest absolute Gasteiger partial charge is 0.207 e. The van der Waals surface area contributed by atoms with Crippen molar-refractivity contribution in [2.24, 2.45) is 0 Å². The first-order valence-corrected chi connectivity index (χ1v) is 4.41. The van der Waals surface area contributed by atoms with Gasteiger partial charge in [-0.05, 0) is 24.6 Å². The van der Waals surface area contributed by atoms with Crippen molar-refractivity contribution in [2.45, 2.75) is 20.8 Å². The molecule has 0 unspecified atom stereocenters. The lowest BCUT2D eigenvalue weighted by Gasteiger charge is -1.95. The van der Waals surface area contributed by atoms with Crippen LogP contribution in [-0.2, 0) is 0 Å². The second-order valence-electron chi connectivity index (χ2n) is 1.85. The van der Waals surface area contributed by atoms with Gasteiger partial charge in [0.1, 0.15) is 5.82 Å². The van der Waals surface area contributed by atoms with Crippen molar-refractivity contribution in [1.82, 2.24) is 0 Å². The van der Waals surface area contributed by atoms with Crippen molar-refractivity contribution in [1.29, 1.82) is 0 Å². The van der Waals surface area contributed by atoms with E-state index in [0.717, 1.165) is 4.47 Å². The van der Waals surface area contributed by atoms with E-state index in [-0.39, 0.29) is 5.82 Å². The van der Waals surface area contributed by atoms with Crippen LogP contribution in [0.1, 0.15) is 19.4 Å². The molecule has 0 aliphatic carbocycles. The van der Waals surface area contributed by atoms with Crippen molar-refractivity contribution in [3.8, 4) is 0 Å². The van der Waals surface area contributed by atoms with E-state index >= 15 is 0 Å². The molecule has 0 amide bonds. The first kappa shape index (κ1) is 10.6. The van der Waals surface area contributed by atoms with Crippen LogP contribution < -0.4 is 0 Å². The van der Waals surface area contributed by atoms with Crippen molar-refractivity contribution in [2.75, 3.05) is 0 Å². The van der Waals surface area contributed by atoms with E-state index in [1.807, 2.05) is 19.9 Å². The molecule has 62 valence electrons. The number of hydrogen-bond acceptors (Lipinski definition) is 0. The zero-order valence-corrected chi connectivity index (χ0v) is 8.57. The van der Waals surface area contributed by atoms with Gasteiger partial charge in [-0.25, -0.2) is 4.39 Å². The molecular formula is C9H12BrF. The Morgan fingerprint density at radius 2 is 1.82 bits per heavy atom. The van der Waals surface area contributed by atoms with Crippen LogP contribution >= 0.6 is 15.9 Å². The molecule has 0 saturated heterocycles. The molecule has 0 saturated carbocycles. The van der Waals surface area contributed by atoms with Crippen molar-refractivity contribution in [3.63, 3.8) is 0 Å². The Hall–Kier alpha value is -0.370. The van der Waals surface area contributed by atoms with Crippen LogP contribution in [0.4, 0.5) is 4.39 Å². The summed E-state index contributed by atoms with van der Waals surface area (Å²) >= 11 is 3.21. The van der Waals surface area contributed by atoms with Gasteiger partial charge in [0, 0.05) is 4.47 Å². The maximum Gasteiger partial charge on any atom is 0.127 e. The summed E-state index contributed by atoms with van der Waals surface area (Å²) in [5.74, 6) is -0.163. The highest BCUT2D eigenvalue weighted by Gasteiger charge is 1.97. The predicted molar refractivity (Wildman–Crippen MR) is 50.2 cm³/mol. The molecule has 0 N–H and O–H groups in total. The highest BCUT2D eigenvalue weighted by molar-refractivity contribution is 9.10. The molecule has 0 bridgehead atoms. The van der Waals surface area contributed by atoms with Crippen molar-refractivity contribution >= 4 is 15.9 Å². The fourth-order valence-electron chi connectivity index (χ4n) is 0.581. The summed E-state index contributed by atoms with van der Waals surface area (Å²) in [5.41, 5.74) is 0.664. The molecule has 11 heavy (non-hydrogen) atoms. The standard InChI is InChI=1S/C7H6BrF.C2H6/c1-5-6(8)3-2-4-7(5)9;1-2/h2-4H,1H3;1-2H3. The summed E-state index contributed by atoms with van der Waals surface area (Å²) in [4.78, 5) is 0. The second kappa shape index (κ2) is 5.30. The first-order chi connectivity index (χ1) is 5.22. The van der Waals surface area contributed by atoms with E-state index in [0.29, 0.717) is 5.56 Å². The molecule has 0 atom stereocenters. The first-order valence-electron chi connectivity index (χ1n) is 3.62. The lowest BCUT2D eigenvalue weighted by molar-refractivity contribution is 0.617. The van der Waals surface area contributed by atoms with Gasteiger partial charge in [-0.3, -0.25) is 0 Å². The number of benzene rings is 1. The number of halogens is 2. The Balaban J connectivity index is 0.000000461. The van der Waals surface area contributed by atoms with Crippen LogP contribution in [0.5, 0.6) is 0 Å². The molecule has 0 spiro atoms. The highest BCUT2D eigenvalue weighted by atomic mass is 79.9. The summed E-state index contributed by atoms with van der Waals surface area (Å²) in [6.07, 6.45) is 0. The predicted octanol–water partition coefficient (Wildman–Crippen LogP) is 3.92. The summed E-state index contributed by atoms with van der Waals surface area (Å²) in [5, 5.41) is 0. The van der Waals surface area contributed by atoms with Crippen LogP contribution in [0.2, 0.25) is 0 Å². The summed E-state index contributed by atoms with van der Waals surface area (Å²) < 4.78 is 13.4. The fourth-order valence-corrected chi connectivity index (χ4v) is 0.923.